The first-order valence-electron chi connectivity index (χ1n) is 7.59. The van der Waals surface area contributed by atoms with Crippen molar-refractivity contribution < 1.29 is 32.7 Å². The van der Waals surface area contributed by atoms with Gasteiger partial charge in [-0.05, 0) is 13.5 Å². The summed E-state index contributed by atoms with van der Waals surface area (Å²) < 4.78 is 20.3. The Balaban J connectivity index is 3.77. The van der Waals surface area contributed by atoms with Gasteiger partial charge in [-0.25, -0.2) is 4.79 Å². The molecule has 0 spiro atoms. The number of carbonyl (C=O) groups excluding carboxylic acids is 3. The summed E-state index contributed by atoms with van der Waals surface area (Å²) in [5, 5.41) is 2.68. The Morgan fingerprint density at radius 2 is 1.62 bits per heavy atom. The maximum absolute atomic E-state index is 11.7. The first kappa shape index (κ1) is 22.3. The smallest absolute Gasteiger partial charge is 0.354 e. The van der Waals surface area contributed by atoms with Crippen molar-refractivity contribution >= 4 is 26.4 Å². The van der Waals surface area contributed by atoms with Gasteiger partial charge in [-0.3, -0.25) is 9.59 Å². The third-order valence-electron chi connectivity index (χ3n) is 3.16. The van der Waals surface area contributed by atoms with E-state index in [0.717, 1.165) is 0 Å². The minimum absolute atomic E-state index is 0.0182. The Morgan fingerprint density at radius 3 is 2.17 bits per heavy atom. The average molecular weight is 361 g/mol. The van der Waals surface area contributed by atoms with Crippen molar-refractivity contribution in [1.29, 1.82) is 0 Å². The predicted molar refractivity (Wildman–Crippen MR) is 89.2 cm³/mol. The van der Waals surface area contributed by atoms with Crippen LogP contribution in [0.1, 0.15) is 26.2 Å². The number of hydrogen-bond donors (Lipinski definition) is 1. The summed E-state index contributed by atoms with van der Waals surface area (Å²) in [6.07, 6.45) is 0.710. The van der Waals surface area contributed by atoms with E-state index in [1.165, 1.54) is 14.2 Å². The van der Waals surface area contributed by atoms with E-state index >= 15 is 0 Å². The Morgan fingerprint density at radius 1 is 1.04 bits per heavy atom. The standard InChI is InChI=1S/C15H27NO7Si/c1-12(2)15(19)23-10-6-9-22-14(18)8-7-13(17)16-11-24(5,20-3)21-4/h1,6-11H2,2-5H3,(H,16,17). The number of ether oxygens (including phenoxy) is 2. The molecule has 0 radical (unpaired) electrons. The van der Waals surface area contributed by atoms with Gasteiger partial charge < -0.3 is 23.6 Å². The molecule has 0 aliphatic rings. The highest BCUT2D eigenvalue weighted by Gasteiger charge is 2.29. The van der Waals surface area contributed by atoms with Gasteiger partial charge in [-0.1, -0.05) is 6.58 Å². The van der Waals surface area contributed by atoms with E-state index in [9.17, 15) is 14.4 Å². The van der Waals surface area contributed by atoms with Gasteiger partial charge in [0.15, 0.2) is 0 Å². The Labute approximate surface area is 143 Å². The molecule has 0 rings (SSSR count). The fourth-order valence-electron chi connectivity index (χ4n) is 1.40. The molecule has 0 aromatic carbocycles. The summed E-state index contributed by atoms with van der Waals surface area (Å²) in [4.78, 5) is 34.3. The Kier molecular flexibility index (Phi) is 10.9. The van der Waals surface area contributed by atoms with Crippen LogP contribution in [0.4, 0.5) is 0 Å². The first-order valence-corrected chi connectivity index (χ1v) is 10.1. The highest BCUT2D eigenvalue weighted by Crippen LogP contribution is 2.02. The molecule has 138 valence electrons. The topological polar surface area (TPSA) is 100 Å². The van der Waals surface area contributed by atoms with Crippen LogP contribution >= 0.6 is 0 Å². The molecule has 0 atom stereocenters. The minimum Gasteiger partial charge on any atom is -0.466 e. The fraction of sp³-hybridized carbons (Fsp3) is 0.667. The second-order valence-electron chi connectivity index (χ2n) is 5.31. The third kappa shape index (κ3) is 10.1. The van der Waals surface area contributed by atoms with Gasteiger partial charge in [0.05, 0.1) is 25.8 Å². The molecule has 0 bridgehead atoms. The lowest BCUT2D eigenvalue weighted by molar-refractivity contribution is -0.146. The lowest BCUT2D eigenvalue weighted by Crippen LogP contribution is -2.48. The average Bonchev–Trinajstić information content (AvgIpc) is 2.57. The van der Waals surface area contributed by atoms with Crippen molar-refractivity contribution in [2.24, 2.45) is 0 Å². The molecule has 8 nitrogen and oxygen atoms in total. The molecule has 0 aromatic rings. The molecular formula is C15H27NO7Si. The fourth-order valence-corrected chi connectivity index (χ4v) is 2.37. The molecule has 9 heteroatoms. The van der Waals surface area contributed by atoms with E-state index in [-0.39, 0.29) is 32.0 Å². The van der Waals surface area contributed by atoms with Crippen LogP contribution in [0, 0.1) is 0 Å². The van der Waals surface area contributed by atoms with Crippen LogP contribution in [0.5, 0.6) is 0 Å². The molecule has 1 N–H and O–H groups in total. The predicted octanol–water partition coefficient (Wildman–Crippen LogP) is 0.839. The van der Waals surface area contributed by atoms with Crippen molar-refractivity contribution in [3.63, 3.8) is 0 Å². The zero-order valence-electron chi connectivity index (χ0n) is 14.8. The number of nitrogens with one attached hydrogen (secondary N) is 1. The van der Waals surface area contributed by atoms with E-state index in [2.05, 4.69) is 11.9 Å². The van der Waals surface area contributed by atoms with Crippen LogP contribution < -0.4 is 5.32 Å². The van der Waals surface area contributed by atoms with Crippen LogP contribution in [-0.2, 0) is 32.7 Å². The monoisotopic (exact) mass is 361 g/mol. The molecule has 0 fully saturated rings. The number of amides is 1. The van der Waals surface area contributed by atoms with Crippen molar-refractivity contribution in [3.8, 4) is 0 Å². The molecule has 24 heavy (non-hydrogen) atoms. The maximum Gasteiger partial charge on any atom is 0.354 e. The summed E-state index contributed by atoms with van der Waals surface area (Å²) in [6.45, 7) is 7.10. The van der Waals surface area contributed by atoms with Gasteiger partial charge in [0, 0.05) is 32.6 Å². The minimum atomic E-state index is -2.36. The SMILES string of the molecule is C=C(C)C(=O)OCCCOC(=O)CCC(=O)NC[Si](C)(OC)OC. The second-order valence-corrected chi connectivity index (χ2v) is 8.75. The highest BCUT2D eigenvalue weighted by atomic mass is 28.4. The Bertz CT molecular complexity index is 449. The quantitative estimate of drug-likeness (QED) is 0.238. The molecule has 0 heterocycles. The van der Waals surface area contributed by atoms with E-state index in [0.29, 0.717) is 18.2 Å². The van der Waals surface area contributed by atoms with Crippen LogP contribution in [0.2, 0.25) is 6.55 Å². The third-order valence-corrected chi connectivity index (χ3v) is 5.71. The van der Waals surface area contributed by atoms with Gasteiger partial charge in [0.1, 0.15) is 0 Å². The molecule has 0 saturated heterocycles. The van der Waals surface area contributed by atoms with Gasteiger partial charge in [-0.2, -0.15) is 0 Å². The molecule has 0 saturated carbocycles. The molecule has 0 aliphatic heterocycles. The van der Waals surface area contributed by atoms with Gasteiger partial charge in [0.25, 0.3) is 0 Å². The largest absolute Gasteiger partial charge is 0.466 e. The van der Waals surface area contributed by atoms with E-state index in [1.807, 2.05) is 6.55 Å². The zero-order valence-corrected chi connectivity index (χ0v) is 15.8. The molecule has 0 unspecified atom stereocenters. The second kappa shape index (κ2) is 11.8. The van der Waals surface area contributed by atoms with E-state index in [4.69, 9.17) is 18.3 Å². The highest BCUT2D eigenvalue weighted by molar-refractivity contribution is 6.66. The van der Waals surface area contributed by atoms with E-state index < -0.39 is 20.5 Å². The van der Waals surface area contributed by atoms with Crippen LogP contribution in [0.3, 0.4) is 0 Å². The summed E-state index contributed by atoms with van der Waals surface area (Å²) in [5.74, 6) is -1.22. The summed E-state index contributed by atoms with van der Waals surface area (Å²) >= 11 is 0. The molecule has 0 aromatic heterocycles. The maximum atomic E-state index is 11.7. The molecule has 1 amide bonds. The van der Waals surface area contributed by atoms with Crippen molar-refractivity contribution in [1.82, 2.24) is 5.32 Å². The Hall–Kier alpha value is -1.71. The summed E-state index contributed by atoms with van der Waals surface area (Å²) in [5.41, 5.74) is 0.319. The lowest BCUT2D eigenvalue weighted by atomic mass is 10.3. The first-order chi connectivity index (χ1) is 11.2. The van der Waals surface area contributed by atoms with Crippen LogP contribution in [-0.4, -0.2) is 60.0 Å². The normalized spacial score (nSPS) is 10.8. The summed E-state index contributed by atoms with van der Waals surface area (Å²) in [6, 6.07) is 0. The van der Waals surface area contributed by atoms with Crippen molar-refractivity contribution in [2.75, 3.05) is 33.6 Å². The lowest BCUT2D eigenvalue weighted by Gasteiger charge is -2.22. The van der Waals surface area contributed by atoms with Gasteiger partial charge in [-0.15, -0.1) is 0 Å². The number of carbonyl (C=O) groups is 3. The van der Waals surface area contributed by atoms with Gasteiger partial charge >= 0.3 is 20.5 Å². The van der Waals surface area contributed by atoms with Crippen LogP contribution in [0.25, 0.3) is 0 Å². The summed E-state index contributed by atoms with van der Waals surface area (Å²) in [7, 11) is 0.710. The number of esters is 2. The molecule has 0 aliphatic carbocycles. The van der Waals surface area contributed by atoms with Gasteiger partial charge in [0.2, 0.25) is 5.91 Å². The van der Waals surface area contributed by atoms with E-state index in [1.54, 1.807) is 6.92 Å². The zero-order chi connectivity index (χ0) is 18.6. The molecular weight excluding hydrogens is 334 g/mol. The number of rotatable bonds is 12. The number of hydrogen-bond acceptors (Lipinski definition) is 7. The van der Waals surface area contributed by atoms with Crippen LogP contribution in [0.15, 0.2) is 12.2 Å². The van der Waals surface area contributed by atoms with Crippen molar-refractivity contribution in [3.05, 3.63) is 12.2 Å². The van der Waals surface area contributed by atoms with Crippen molar-refractivity contribution in [2.45, 2.75) is 32.7 Å².